The van der Waals surface area contributed by atoms with Gasteiger partial charge in [0.1, 0.15) is 11.9 Å². The van der Waals surface area contributed by atoms with E-state index in [0.29, 0.717) is 0 Å². The summed E-state index contributed by atoms with van der Waals surface area (Å²) in [6.07, 6.45) is 0. The topological polar surface area (TPSA) is 117 Å². The molecule has 0 amide bonds. The van der Waals surface area contributed by atoms with Gasteiger partial charge < -0.3 is 5.73 Å². The maximum atomic E-state index is 10.4. The van der Waals surface area contributed by atoms with E-state index in [1.165, 1.54) is 12.1 Å². The molecule has 0 bridgehead atoms. The van der Waals surface area contributed by atoms with Crippen LogP contribution in [-0.2, 0) is 0 Å². The number of hydrogen-bond donors (Lipinski definition) is 2. The zero-order valence-electron chi connectivity index (χ0n) is 7.02. The zero-order chi connectivity index (χ0) is 10.7. The van der Waals surface area contributed by atoms with E-state index in [4.69, 9.17) is 16.4 Å². The second-order valence-electron chi connectivity index (χ2n) is 2.51. The Morgan fingerprint density at radius 3 is 2.71 bits per heavy atom. The number of nitrogens with one attached hydrogen (secondary N) is 1. The van der Waals surface area contributed by atoms with Gasteiger partial charge in [0.15, 0.2) is 0 Å². The molecule has 0 saturated carbocycles. The summed E-state index contributed by atoms with van der Waals surface area (Å²) < 4.78 is 0. The Labute approximate surface area is 79.2 Å². The van der Waals surface area contributed by atoms with Crippen LogP contribution in [0.3, 0.4) is 0 Å². The van der Waals surface area contributed by atoms with Crippen molar-refractivity contribution in [2.24, 2.45) is 5.73 Å². The quantitative estimate of drug-likeness (QED) is 0.309. The van der Waals surface area contributed by atoms with Crippen molar-refractivity contribution in [1.29, 1.82) is 10.7 Å². The van der Waals surface area contributed by atoms with Crippen LogP contribution in [0.2, 0.25) is 0 Å². The van der Waals surface area contributed by atoms with E-state index in [9.17, 15) is 10.1 Å². The third-order valence-corrected chi connectivity index (χ3v) is 1.62. The van der Waals surface area contributed by atoms with Crippen molar-refractivity contribution >= 4 is 11.5 Å². The average molecular weight is 190 g/mol. The number of amidine groups is 1. The first kappa shape index (κ1) is 9.67. The standard InChI is InChI=1S/C8H6N4O2/c9-4-5-3-6(12(13)14)1-2-7(5)8(10)11/h1-3H,(H3,10,11). The van der Waals surface area contributed by atoms with Crippen LogP contribution in [0.25, 0.3) is 0 Å². The van der Waals surface area contributed by atoms with Crippen molar-refractivity contribution < 1.29 is 4.92 Å². The lowest BCUT2D eigenvalue weighted by atomic mass is 10.1. The van der Waals surface area contributed by atoms with Crippen molar-refractivity contribution in [2.75, 3.05) is 0 Å². The Morgan fingerprint density at radius 1 is 1.64 bits per heavy atom. The Balaban J connectivity index is 3.34. The molecule has 0 unspecified atom stereocenters. The maximum Gasteiger partial charge on any atom is 0.270 e. The van der Waals surface area contributed by atoms with E-state index < -0.39 is 4.92 Å². The molecule has 0 atom stereocenters. The van der Waals surface area contributed by atoms with Crippen LogP contribution < -0.4 is 5.73 Å². The van der Waals surface area contributed by atoms with Gasteiger partial charge in [-0.15, -0.1) is 0 Å². The molecule has 1 aromatic rings. The summed E-state index contributed by atoms with van der Waals surface area (Å²) in [6, 6.07) is 5.34. The lowest BCUT2D eigenvalue weighted by Gasteiger charge is -2.00. The molecule has 14 heavy (non-hydrogen) atoms. The van der Waals surface area contributed by atoms with Gasteiger partial charge in [0.25, 0.3) is 5.69 Å². The Morgan fingerprint density at radius 2 is 2.29 bits per heavy atom. The van der Waals surface area contributed by atoms with E-state index in [2.05, 4.69) is 0 Å². The molecule has 3 N–H and O–H groups in total. The summed E-state index contributed by atoms with van der Waals surface area (Å²) in [7, 11) is 0. The SMILES string of the molecule is N#Cc1cc([N+](=O)[O-])ccc1C(=N)N. The van der Waals surface area contributed by atoms with Gasteiger partial charge in [-0.3, -0.25) is 15.5 Å². The number of non-ortho nitro benzene ring substituents is 1. The first-order valence-electron chi connectivity index (χ1n) is 3.59. The minimum Gasteiger partial charge on any atom is -0.384 e. The van der Waals surface area contributed by atoms with E-state index in [1.807, 2.05) is 0 Å². The highest BCUT2D eigenvalue weighted by Crippen LogP contribution is 2.16. The van der Waals surface area contributed by atoms with Gasteiger partial charge in [-0.1, -0.05) is 0 Å². The molecule has 0 saturated heterocycles. The first-order chi connectivity index (χ1) is 6.56. The highest BCUT2D eigenvalue weighted by Gasteiger charge is 2.11. The minimum atomic E-state index is -0.606. The molecule has 0 heterocycles. The number of nitriles is 1. The lowest BCUT2D eigenvalue weighted by molar-refractivity contribution is -0.384. The number of nitro benzene ring substituents is 1. The normalized spacial score (nSPS) is 9.07. The molecule has 0 radical (unpaired) electrons. The van der Waals surface area contributed by atoms with Gasteiger partial charge in [0.2, 0.25) is 0 Å². The number of benzene rings is 1. The lowest BCUT2D eigenvalue weighted by Crippen LogP contribution is -2.13. The highest BCUT2D eigenvalue weighted by molar-refractivity contribution is 5.97. The Hall–Kier alpha value is -2.42. The average Bonchev–Trinajstić information content (AvgIpc) is 2.16. The monoisotopic (exact) mass is 190 g/mol. The van der Waals surface area contributed by atoms with E-state index in [-0.39, 0.29) is 22.6 Å². The summed E-state index contributed by atoms with van der Waals surface area (Å²) in [5.41, 5.74) is 5.23. The molecular weight excluding hydrogens is 184 g/mol. The third-order valence-electron chi connectivity index (χ3n) is 1.62. The van der Waals surface area contributed by atoms with Crippen molar-refractivity contribution in [3.8, 4) is 6.07 Å². The molecule has 0 aliphatic carbocycles. The number of rotatable bonds is 2. The van der Waals surface area contributed by atoms with Crippen LogP contribution in [0, 0.1) is 26.9 Å². The van der Waals surface area contributed by atoms with Crippen LogP contribution in [-0.4, -0.2) is 10.8 Å². The number of nitro groups is 1. The van der Waals surface area contributed by atoms with Crippen LogP contribution in [0.4, 0.5) is 5.69 Å². The summed E-state index contributed by atoms with van der Waals surface area (Å²) in [5, 5.41) is 26.1. The van der Waals surface area contributed by atoms with Gasteiger partial charge in [-0.2, -0.15) is 5.26 Å². The molecule has 6 nitrogen and oxygen atoms in total. The predicted molar refractivity (Wildman–Crippen MR) is 48.8 cm³/mol. The van der Waals surface area contributed by atoms with Gasteiger partial charge in [-0.25, -0.2) is 0 Å². The molecule has 0 aliphatic heterocycles. The Kier molecular flexibility index (Phi) is 2.44. The highest BCUT2D eigenvalue weighted by atomic mass is 16.6. The molecule has 0 fully saturated rings. The van der Waals surface area contributed by atoms with Crippen molar-refractivity contribution in [2.45, 2.75) is 0 Å². The zero-order valence-corrected chi connectivity index (χ0v) is 7.02. The molecule has 0 spiro atoms. The van der Waals surface area contributed by atoms with E-state index >= 15 is 0 Å². The largest absolute Gasteiger partial charge is 0.384 e. The fourth-order valence-electron chi connectivity index (χ4n) is 0.973. The van der Waals surface area contributed by atoms with Gasteiger partial charge in [-0.05, 0) is 6.07 Å². The molecular formula is C8H6N4O2. The Bertz CT molecular complexity index is 447. The van der Waals surface area contributed by atoms with Crippen molar-refractivity contribution in [3.05, 3.63) is 39.4 Å². The molecule has 1 rings (SSSR count). The molecule has 0 aliphatic rings. The van der Waals surface area contributed by atoms with Gasteiger partial charge >= 0.3 is 0 Å². The smallest absolute Gasteiger partial charge is 0.270 e. The molecule has 70 valence electrons. The number of nitrogens with zero attached hydrogens (tertiary/aromatic N) is 2. The van der Waals surface area contributed by atoms with E-state index in [0.717, 1.165) is 6.07 Å². The maximum absolute atomic E-state index is 10.4. The summed E-state index contributed by atoms with van der Waals surface area (Å²) >= 11 is 0. The fraction of sp³-hybridized carbons (Fsp3) is 0. The van der Waals surface area contributed by atoms with Crippen LogP contribution in [0.1, 0.15) is 11.1 Å². The summed E-state index contributed by atoms with van der Waals surface area (Å²) in [5.74, 6) is -0.281. The van der Waals surface area contributed by atoms with Crippen LogP contribution >= 0.6 is 0 Å². The summed E-state index contributed by atoms with van der Waals surface area (Å²) in [6.45, 7) is 0. The van der Waals surface area contributed by atoms with Crippen molar-refractivity contribution in [3.63, 3.8) is 0 Å². The first-order valence-corrected chi connectivity index (χ1v) is 3.59. The van der Waals surface area contributed by atoms with Crippen LogP contribution in [0.15, 0.2) is 18.2 Å². The van der Waals surface area contributed by atoms with Crippen LogP contribution in [0.5, 0.6) is 0 Å². The second kappa shape index (κ2) is 3.53. The van der Waals surface area contributed by atoms with Crippen molar-refractivity contribution in [1.82, 2.24) is 0 Å². The van der Waals surface area contributed by atoms with Gasteiger partial charge in [0, 0.05) is 17.7 Å². The minimum absolute atomic E-state index is 0.0340. The second-order valence-corrected chi connectivity index (χ2v) is 2.51. The van der Waals surface area contributed by atoms with Gasteiger partial charge in [0.05, 0.1) is 10.5 Å². The molecule has 0 aromatic heterocycles. The summed E-state index contributed by atoms with van der Waals surface area (Å²) in [4.78, 5) is 9.76. The number of nitrogens with two attached hydrogens (primary N) is 1. The number of nitrogen functional groups attached to an aromatic ring is 1. The van der Waals surface area contributed by atoms with E-state index in [1.54, 1.807) is 6.07 Å². The predicted octanol–water partition coefficient (Wildman–Crippen LogP) is 0.751. The number of hydrogen-bond acceptors (Lipinski definition) is 4. The molecule has 1 aromatic carbocycles. The molecule has 6 heteroatoms. The third kappa shape index (κ3) is 1.67. The fourth-order valence-corrected chi connectivity index (χ4v) is 0.973.